The highest BCUT2D eigenvalue weighted by atomic mass is 16.5. The van der Waals surface area contributed by atoms with Crippen molar-refractivity contribution in [2.24, 2.45) is 0 Å². The molecule has 5 heteroatoms. The molecule has 0 aromatic heterocycles. The second kappa shape index (κ2) is 9.37. The molecule has 5 nitrogen and oxygen atoms in total. The van der Waals surface area contributed by atoms with E-state index in [1.807, 2.05) is 45.0 Å². The van der Waals surface area contributed by atoms with Gasteiger partial charge < -0.3 is 20.1 Å². The van der Waals surface area contributed by atoms with Gasteiger partial charge in [-0.25, -0.2) is 0 Å². The molecular weight excluding hydrogens is 268 g/mol. The van der Waals surface area contributed by atoms with Crippen molar-refractivity contribution in [2.45, 2.75) is 32.9 Å². The number of carbonyl (C=O) groups is 1. The first-order chi connectivity index (χ1) is 10.0. The lowest BCUT2D eigenvalue weighted by Crippen LogP contribution is -2.36. The van der Waals surface area contributed by atoms with E-state index in [-0.39, 0.29) is 18.1 Å². The minimum Gasteiger partial charge on any atom is -0.491 e. The summed E-state index contributed by atoms with van der Waals surface area (Å²) in [6.07, 6.45) is 0.158. The van der Waals surface area contributed by atoms with Crippen LogP contribution in [0, 0.1) is 0 Å². The second-order valence-electron chi connectivity index (χ2n) is 5.19. The molecule has 1 atom stereocenters. The third-order valence-corrected chi connectivity index (χ3v) is 2.90. The Labute approximate surface area is 127 Å². The van der Waals surface area contributed by atoms with E-state index in [1.165, 1.54) is 0 Å². The first-order valence-corrected chi connectivity index (χ1v) is 7.28. The summed E-state index contributed by atoms with van der Waals surface area (Å²) >= 11 is 0. The van der Waals surface area contributed by atoms with Crippen LogP contribution in [0.25, 0.3) is 0 Å². The molecule has 0 aliphatic heterocycles. The Bertz CT molecular complexity index is 418. The first-order valence-electron chi connectivity index (χ1n) is 7.28. The van der Waals surface area contributed by atoms with Gasteiger partial charge in [-0.2, -0.15) is 0 Å². The maximum absolute atomic E-state index is 11.8. The van der Waals surface area contributed by atoms with Crippen molar-refractivity contribution in [1.29, 1.82) is 0 Å². The molecule has 0 saturated carbocycles. The zero-order valence-corrected chi connectivity index (χ0v) is 13.3. The quantitative estimate of drug-likeness (QED) is 0.683. The van der Waals surface area contributed by atoms with Gasteiger partial charge >= 0.3 is 0 Å². The van der Waals surface area contributed by atoms with Gasteiger partial charge in [0.05, 0.1) is 25.3 Å². The van der Waals surface area contributed by atoms with E-state index in [0.29, 0.717) is 19.7 Å². The molecule has 1 amide bonds. The average Bonchev–Trinajstić information content (AvgIpc) is 2.43. The molecule has 1 rings (SSSR count). The summed E-state index contributed by atoms with van der Waals surface area (Å²) in [5, 5.41) is 5.97. The summed E-state index contributed by atoms with van der Waals surface area (Å²) in [5.41, 5.74) is 1.05. The van der Waals surface area contributed by atoms with Crippen LogP contribution in [0.2, 0.25) is 0 Å². The van der Waals surface area contributed by atoms with Gasteiger partial charge in [-0.05, 0) is 38.5 Å². The van der Waals surface area contributed by atoms with Crippen molar-refractivity contribution in [3.8, 4) is 5.75 Å². The van der Waals surface area contributed by atoms with E-state index in [9.17, 15) is 4.79 Å². The minimum absolute atomic E-state index is 0.0267. The zero-order chi connectivity index (χ0) is 15.7. The highest BCUT2D eigenvalue weighted by Crippen LogP contribution is 2.18. The van der Waals surface area contributed by atoms with E-state index >= 15 is 0 Å². The molecule has 0 saturated heterocycles. The van der Waals surface area contributed by atoms with Gasteiger partial charge in [0.2, 0.25) is 5.91 Å². The molecule has 0 aliphatic rings. The van der Waals surface area contributed by atoms with Crippen LogP contribution in [-0.4, -0.2) is 38.8 Å². The number of ether oxygens (including phenoxy) is 2. The normalized spacial score (nSPS) is 12.2. The van der Waals surface area contributed by atoms with E-state index < -0.39 is 0 Å². The maximum atomic E-state index is 11.8. The predicted molar refractivity (Wildman–Crippen MR) is 83.5 cm³/mol. The Balaban J connectivity index is 2.40. The number of nitrogens with one attached hydrogen (secondary N) is 2. The standard InChI is InChI=1S/C16H26N2O3/c1-12(2)21-15-7-5-14(6-8-15)13(3)18-16(19)11-17-9-10-20-4/h5-8,12-13,17H,9-11H2,1-4H3,(H,18,19). The van der Waals surface area contributed by atoms with Gasteiger partial charge in [-0.1, -0.05) is 12.1 Å². The average molecular weight is 294 g/mol. The molecule has 0 bridgehead atoms. The number of methoxy groups -OCH3 is 1. The van der Waals surface area contributed by atoms with Crippen LogP contribution in [0.4, 0.5) is 0 Å². The van der Waals surface area contributed by atoms with Crippen LogP contribution in [0.3, 0.4) is 0 Å². The van der Waals surface area contributed by atoms with Crippen LogP contribution >= 0.6 is 0 Å². The molecule has 0 aliphatic carbocycles. The SMILES string of the molecule is COCCNCC(=O)NC(C)c1ccc(OC(C)C)cc1. The van der Waals surface area contributed by atoms with Crippen molar-refractivity contribution in [3.05, 3.63) is 29.8 Å². The van der Waals surface area contributed by atoms with Gasteiger partial charge in [0.25, 0.3) is 0 Å². The van der Waals surface area contributed by atoms with Crippen molar-refractivity contribution in [1.82, 2.24) is 10.6 Å². The summed E-state index contributed by atoms with van der Waals surface area (Å²) in [5.74, 6) is 0.814. The van der Waals surface area contributed by atoms with Gasteiger partial charge in [-0.3, -0.25) is 4.79 Å². The third-order valence-electron chi connectivity index (χ3n) is 2.90. The van der Waals surface area contributed by atoms with E-state index in [2.05, 4.69) is 10.6 Å². The molecule has 0 fully saturated rings. The molecule has 0 heterocycles. The van der Waals surface area contributed by atoms with E-state index in [0.717, 1.165) is 11.3 Å². The van der Waals surface area contributed by atoms with Crippen molar-refractivity contribution < 1.29 is 14.3 Å². The number of hydrogen-bond acceptors (Lipinski definition) is 4. The molecule has 0 radical (unpaired) electrons. The van der Waals surface area contributed by atoms with Crippen LogP contribution < -0.4 is 15.4 Å². The Morgan fingerprint density at radius 2 is 1.86 bits per heavy atom. The van der Waals surface area contributed by atoms with Crippen molar-refractivity contribution >= 4 is 5.91 Å². The van der Waals surface area contributed by atoms with Crippen LogP contribution in [0.15, 0.2) is 24.3 Å². The summed E-state index contributed by atoms with van der Waals surface area (Å²) in [6, 6.07) is 7.76. The Hall–Kier alpha value is -1.59. The first kappa shape index (κ1) is 17.5. The van der Waals surface area contributed by atoms with Crippen LogP contribution in [-0.2, 0) is 9.53 Å². The van der Waals surface area contributed by atoms with E-state index in [4.69, 9.17) is 9.47 Å². The minimum atomic E-state index is -0.0326. The maximum Gasteiger partial charge on any atom is 0.234 e. The number of amides is 1. The lowest BCUT2D eigenvalue weighted by Gasteiger charge is -2.16. The Kier molecular flexibility index (Phi) is 7.79. The van der Waals surface area contributed by atoms with Gasteiger partial charge in [0, 0.05) is 13.7 Å². The Morgan fingerprint density at radius 3 is 2.43 bits per heavy atom. The molecule has 1 aromatic rings. The number of hydrogen-bond donors (Lipinski definition) is 2. The van der Waals surface area contributed by atoms with Crippen LogP contribution in [0.1, 0.15) is 32.4 Å². The fraction of sp³-hybridized carbons (Fsp3) is 0.562. The number of rotatable bonds is 9. The summed E-state index contributed by atoms with van der Waals surface area (Å²) < 4.78 is 10.5. The summed E-state index contributed by atoms with van der Waals surface area (Å²) in [7, 11) is 1.64. The molecule has 1 aromatic carbocycles. The largest absolute Gasteiger partial charge is 0.491 e. The highest BCUT2D eigenvalue weighted by molar-refractivity contribution is 5.78. The van der Waals surface area contributed by atoms with E-state index in [1.54, 1.807) is 7.11 Å². The topological polar surface area (TPSA) is 59.6 Å². The fourth-order valence-electron chi connectivity index (χ4n) is 1.86. The van der Waals surface area contributed by atoms with Gasteiger partial charge in [0.1, 0.15) is 5.75 Å². The molecule has 118 valence electrons. The fourth-order valence-corrected chi connectivity index (χ4v) is 1.86. The Morgan fingerprint density at radius 1 is 1.19 bits per heavy atom. The molecule has 2 N–H and O–H groups in total. The van der Waals surface area contributed by atoms with Crippen LogP contribution in [0.5, 0.6) is 5.75 Å². The lowest BCUT2D eigenvalue weighted by molar-refractivity contribution is -0.120. The number of carbonyl (C=O) groups excluding carboxylic acids is 1. The molecule has 1 unspecified atom stereocenters. The van der Waals surface area contributed by atoms with Gasteiger partial charge in [0.15, 0.2) is 0 Å². The number of benzene rings is 1. The second-order valence-corrected chi connectivity index (χ2v) is 5.19. The van der Waals surface area contributed by atoms with Gasteiger partial charge in [-0.15, -0.1) is 0 Å². The molecular formula is C16H26N2O3. The summed E-state index contributed by atoms with van der Waals surface area (Å²) in [6.45, 7) is 7.51. The zero-order valence-electron chi connectivity index (χ0n) is 13.3. The third kappa shape index (κ3) is 7.11. The highest BCUT2D eigenvalue weighted by Gasteiger charge is 2.09. The van der Waals surface area contributed by atoms with Crippen molar-refractivity contribution in [3.63, 3.8) is 0 Å². The lowest BCUT2D eigenvalue weighted by atomic mass is 10.1. The predicted octanol–water partition coefficient (Wildman–Crippen LogP) is 1.89. The smallest absolute Gasteiger partial charge is 0.234 e. The summed E-state index contributed by atoms with van der Waals surface area (Å²) in [4.78, 5) is 11.8. The monoisotopic (exact) mass is 294 g/mol. The molecule has 21 heavy (non-hydrogen) atoms. The molecule has 0 spiro atoms. The van der Waals surface area contributed by atoms with Crippen molar-refractivity contribution in [2.75, 3.05) is 26.8 Å².